The van der Waals surface area contributed by atoms with Crippen LogP contribution in [-0.4, -0.2) is 43.9 Å². The molecule has 0 N–H and O–H groups in total. The van der Waals surface area contributed by atoms with E-state index < -0.39 is 20.6 Å². The van der Waals surface area contributed by atoms with Gasteiger partial charge in [0.1, 0.15) is 5.02 Å². The normalized spacial score (nSPS) is 19.9. The summed E-state index contributed by atoms with van der Waals surface area (Å²) in [6.45, 7) is 2.14. The molecule has 0 saturated carbocycles. The van der Waals surface area contributed by atoms with Crippen molar-refractivity contribution < 1.29 is 18.1 Å². The zero-order chi connectivity index (χ0) is 15.8. The Hall–Kier alpha value is -1.22. The molecule has 21 heavy (non-hydrogen) atoms. The predicted octanol–water partition coefficient (Wildman–Crippen LogP) is 1.97. The van der Waals surface area contributed by atoms with Gasteiger partial charge in [-0.25, -0.2) is 8.42 Å². The second-order valence-electron chi connectivity index (χ2n) is 4.84. The molecule has 1 aromatic carbocycles. The van der Waals surface area contributed by atoms with Crippen LogP contribution in [0.2, 0.25) is 5.02 Å². The van der Waals surface area contributed by atoms with Crippen LogP contribution in [0, 0.1) is 17.0 Å². The van der Waals surface area contributed by atoms with E-state index in [1.54, 1.807) is 6.92 Å². The summed E-state index contributed by atoms with van der Waals surface area (Å²) >= 11 is 5.78. The number of aryl methyl sites for hydroxylation is 1. The van der Waals surface area contributed by atoms with Crippen molar-refractivity contribution in [3.8, 4) is 0 Å². The lowest BCUT2D eigenvalue weighted by Gasteiger charge is -2.17. The van der Waals surface area contributed by atoms with Gasteiger partial charge in [-0.3, -0.25) is 10.1 Å². The summed E-state index contributed by atoms with van der Waals surface area (Å²) in [5, 5.41) is 10.8. The van der Waals surface area contributed by atoms with Crippen molar-refractivity contribution in [1.29, 1.82) is 0 Å². The number of halogens is 1. The molecule has 1 fully saturated rings. The Morgan fingerprint density at radius 3 is 2.67 bits per heavy atom. The van der Waals surface area contributed by atoms with Crippen LogP contribution in [0.5, 0.6) is 0 Å². The standard InChI is InChI=1S/C12H15ClN2O5S/c1-8-5-10(13)11(15(16)17)6-12(8)21(18,19)14-4-3-9(7-14)20-2/h5-6,9H,3-4,7H2,1-2H3. The first kappa shape index (κ1) is 16.2. The van der Waals surface area contributed by atoms with E-state index in [0.717, 1.165) is 6.07 Å². The van der Waals surface area contributed by atoms with Crippen LogP contribution in [0.15, 0.2) is 17.0 Å². The topological polar surface area (TPSA) is 89.8 Å². The Morgan fingerprint density at radius 2 is 2.14 bits per heavy atom. The minimum absolute atomic E-state index is 0.0763. The van der Waals surface area contributed by atoms with Crippen LogP contribution in [0.25, 0.3) is 0 Å². The van der Waals surface area contributed by atoms with E-state index in [4.69, 9.17) is 16.3 Å². The molecular formula is C12H15ClN2O5S. The molecule has 0 aromatic heterocycles. The van der Waals surface area contributed by atoms with Crippen LogP contribution in [-0.2, 0) is 14.8 Å². The zero-order valence-electron chi connectivity index (χ0n) is 11.6. The predicted molar refractivity (Wildman–Crippen MR) is 77.0 cm³/mol. The van der Waals surface area contributed by atoms with E-state index in [9.17, 15) is 18.5 Å². The van der Waals surface area contributed by atoms with Crippen LogP contribution < -0.4 is 0 Å². The van der Waals surface area contributed by atoms with Crippen molar-refractivity contribution in [2.24, 2.45) is 0 Å². The first-order valence-electron chi connectivity index (χ1n) is 6.25. The van der Waals surface area contributed by atoms with E-state index in [0.29, 0.717) is 18.5 Å². The molecule has 1 unspecified atom stereocenters. The lowest BCUT2D eigenvalue weighted by Crippen LogP contribution is -2.30. The largest absolute Gasteiger partial charge is 0.380 e. The number of benzene rings is 1. The highest BCUT2D eigenvalue weighted by Crippen LogP contribution is 2.32. The first-order valence-corrected chi connectivity index (χ1v) is 8.06. The van der Waals surface area contributed by atoms with Gasteiger partial charge in [-0.15, -0.1) is 0 Å². The fourth-order valence-corrected chi connectivity index (χ4v) is 4.31. The van der Waals surface area contributed by atoms with E-state index in [1.807, 2.05) is 0 Å². The van der Waals surface area contributed by atoms with Crippen molar-refractivity contribution in [1.82, 2.24) is 4.31 Å². The van der Waals surface area contributed by atoms with Crippen LogP contribution >= 0.6 is 11.6 Å². The molecule has 0 aliphatic carbocycles. The number of ether oxygens (including phenoxy) is 1. The lowest BCUT2D eigenvalue weighted by atomic mass is 10.2. The molecule has 1 saturated heterocycles. The summed E-state index contributed by atoms with van der Waals surface area (Å²) in [5.74, 6) is 0. The number of sulfonamides is 1. The number of nitrogens with zero attached hydrogens (tertiary/aromatic N) is 2. The Labute approximate surface area is 127 Å². The molecule has 9 heteroatoms. The van der Waals surface area contributed by atoms with Crippen LogP contribution in [0.4, 0.5) is 5.69 Å². The quantitative estimate of drug-likeness (QED) is 0.620. The average molecular weight is 335 g/mol. The molecule has 0 amide bonds. The maximum Gasteiger partial charge on any atom is 0.289 e. The molecule has 7 nitrogen and oxygen atoms in total. The van der Waals surface area contributed by atoms with Gasteiger partial charge in [0, 0.05) is 26.3 Å². The minimum atomic E-state index is -3.79. The van der Waals surface area contributed by atoms with E-state index >= 15 is 0 Å². The monoisotopic (exact) mass is 334 g/mol. The van der Waals surface area contributed by atoms with Gasteiger partial charge in [-0.05, 0) is 25.0 Å². The smallest absolute Gasteiger partial charge is 0.289 e. The number of nitro benzene ring substituents is 1. The summed E-state index contributed by atoms with van der Waals surface area (Å²) in [6, 6.07) is 2.32. The molecule has 1 aliphatic heterocycles. The SMILES string of the molecule is COC1CCN(S(=O)(=O)c2cc([N+](=O)[O-])c(Cl)cc2C)C1. The van der Waals surface area contributed by atoms with Crippen molar-refractivity contribution in [2.75, 3.05) is 20.2 Å². The third-order valence-electron chi connectivity index (χ3n) is 3.50. The Bertz CT molecular complexity index is 676. The van der Waals surface area contributed by atoms with E-state index in [-0.39, 0.29) is 22.6 Å². The highest BCUT2D eigenvalue weighted by molar-refractivity contribution is 7.89. The molecule has 2 rings (SSSR count). The molecular weight excluding hydrogens is 320 g/mol. The summed E-state index contributed by atoms with van der Waals surface area (Å²) in [4.78, 5) is 10.1. The van der Waals surface area contributed by atoms with Crippen LogP contribution in [0.3, 0.4) is 0 Å². The fourth-order valence-electron chi connectivity index (χ4n) is 2.31. The van der Waals surface area contributed by atoms with Crippen molar-refractivity contribution >= 4 is 27.3 Å². The summed E-state index contributed by atoms with van der Waals surface area (Å²) < 4.78 is 31.6. The van der Waals surface area contributed by atoms with E-state index in [2.05, 4.69) is 0 Å². The molecule has 0 radical (unpaired) electrons. The highest BCUT2D eigenvalue weighted by atomic mass is 35.5. The number of methoxy groups -OCH3 is 1. The number of hydrogen-bond donors (Lipinski definition) is 0. The number of nitro groups is 1. The fraction of sp³-hybridized carbons (Fsp3) is 0.500. The Kier molecular flexibility index (Phi) is 4.52. The zero-order valence-corrected chi connectivity index (χ0v) is 13.1. The van der Waals surface area contributed by atoms with Gasteiger partial charge in [-0.1, -0.05) is 11.6 Å². The maximum absolute atomic E-state index is 12.6. The number of hydrogen-bond acceptors (Lipinski definition) is 5. The van der Waals surface area contributed by atoms with Gasteiger partial charge in [0.05, 0.1) is 15.9 Å². The second-order valence-corrected chi connectivity index (χ2v) is 7.15. The number of rotatable bonds is 4. The third kappa shape index (κ3) is 3.03. The highest BCUT2D eigenvalue weighted by Gasteiger charge is 2.34. The molecule has 1 atom stereocenters. The molecule has 0 bridgehead atoms. The molecule has 1 aliphatic rings. The minimum Gasteiger partial charge on any atom is -0.380 e. The first-order chi connectivity index (χ1) is 9.77. The average Bonchev–Trinajstić information content (AvgIpc) is 2.87. The third-order valence-corrected chi connectivity index (χ3v) is 5.81. The van der Waals surface area contributed by atoms with Gasteiger partial charge in [0.2, 0.25) is 10.0 Å². The summed E-state index contributed by atoms with van der Waals surface area (Å²) in [7, 11) is -2.27. The van der Waals surface area contributed by atoms with Gasteiger partial charge in [0.15, 0.2) is 0 Å². The molecule has 1 aromatic rings. The van der Waals surface area contributed by atoms with Crippen molar-refractivity contribution in [3.05, 3.63) is 32.8 Å². The Balaban J connectivity index is 2.45. The lowest BCUT2D eigenvalue weighted by molar-refractivity contribution is -0.384. The van der Waals surface area contributed by atoms with Gasteiger partial charge < -0.3 is 4.74 Å². The second kappa shape index (κ2) is 5.88. The van der Waals surface area contributed by atoms with Crippen molar-refractivity contribution in [3.63, 3.8) is 0 Å². The maximum atomic E-state index is 12.6. The summed E-state index contributed by atoms with van der Waals surface area (Å²) in [6.07, 6.45) is 0.451. The molecule has 0 spiro atoms. The van der Waals surface area contributed by atoms with E-state index in [1.165, 1.54) is 17.5 Å². The van der Waals surface area contributed by atoms with Crippen molar-refractivity contribution in [2.45, 2.75) is 24.3 Å². The van der Waals surface area contributed by atoms with Gasteiger partial charge in [-0.2, -0.15) is 4.31 Å². The van der Waals surface area contributed by atoms with Gasteiger partial charge >= 0.3 is 0 Å². The Morgan fingerprint density at radius 1 is 1.48 bits per heavy atom. The van der Waals surface area contributed by atoms with Gasteiger partial charge in [0.25, 0.3) is 5.69 Å². The van der Waals surface area contributed by atoms with Crippen LogP contribution in [0.1, 0.15) is 12.0 Å². The summed E-state index contributed by atoms with van der Waals surface area (Å²) in [5.41, 5.74) is -0.0326. The molecule has 1 heterocycles. The molecule has 116 valence electrons.